The standard InChI is InChI=1S/2C4H6O2/c1-3-2-4(5)6-3;5-4-2-1-3-6-4/h3H,2H2,1H3;1-3H2. The van der Waals surface area contributed by atoms with Gasteiger partial charge < -0.3 is 9.47 Å². The number of carbonyl (C=O) groups is 2. The van der Waals surface area contributed by atoms with E-state index in [1.807, 2.05) is 6.92 Å². The van der Waals surface area contributed by atoms with Gasteiger partial charge in [0.15, 0.2) is 0 Å². The van der Waals surface area contributed by atoms with Gasteiger partial charge in [-0.25, -0.2) is 0 Å². The second-order valence-electron chi connectivity index (χ2n) is 2.83. The fourth-order valence-corrected chi connectivity index (χ4v) is 0.924. The van der Waals surface area contributed by atoms with Crippen LogP contribution in [0.2, 0.25) is 0 Å². The molecule has 0 aliphatic carbocycles. The lowest BCUT2D eigenvalue weighted by Crippen LogP contribution is -2.29. The summed E-state index contributed by atoms with van der Waals surface area (Å²) in [6, 6.07) is 0. The molecule has 0 spiro atoms. The second-order valence-corrected chi connectivity index (χ2v) is 2.83. The summed E-state index contributed by atoms with van der Waals surface area (Å²) < 4.78 is 9.01. The van der Waals surface area contributed by atoms with Gasteiger partial charge in [-0.05, 0) is 13.3 Å². The Morgan fingerprint density at radius 3 is 2.08 bits per heavy atom. The molecule has 2 rings (SSSR count). The van der Waals surface area contributed by atoms with Crippen molar-refractivity contribution in [2.75, 3.05) is 6.61 Å². The highest BCUT2D eigenvalue weighted by Crippen LogP contribution is 2.10. The number of hydrogen-bond donors (Lipinski definition) is 0. The van der Waals surface area contributed by atoms with Crippen LogP contribution in [0.5, 0.6) is 0 Å². The summed E-state index contributed by atoms with van der Waals surface area (Å²) in [5.41, 5.74) is 0. The number of rotatable bonds is 0. The number of cyclic esters (lactones) is 2. The molecule has 1 atom stereocenters. The van der Waals surface area contributed by atoms with Crippen molar-refractivity contribution in [1.82, 2.24) is 0 Å². The predicted molar refractivity (Wildman–Crippen MR) is 40.4 cm³/mol. The monoisotopic (exact) mass is 172 g/mol. The SMILES string of the molecule is CC1CC(=O)O1.O=C1CCCO1. The molecule has 0 amide bonds. The number of esters is 2. The molecule has 4 nitrogen and oxygen atoms in total. The first kappa shape index (κ1) is 9.03. The Kier molecular flexibility index (Phi) is 3.08. The Labute approximate surface area is 70.8 Å². The van der Waals surface area contributed by atoms with Crippen LogP contribution in [0.4, 0.5) is 0 Å². The number of hydrogen-bond acceptors (Lipinski definition) is 4. The van der Waals surface area contributed by atoms with E-state index in [9.17, 15) is 9.59 Å². The van der Waals surface area contributed by atoms with Gasteiger partial charge in [0.1, 0.15) is 6.10 Å². The van der Waals surface area contributed by atoms with Crippen LogP contribution in [0, 0.1) is 0 Å². The van der Waals surface area contributed by atoms with E-state index in [4.69, 9.17) is 0 Å². The molecular formula is C8H12O4. The molecule has 2 saturated heterocycles. The molecule has 12 heavy (non-hydrogen) atoms. The fraction of sp³-hybridized carbons (Fsp3) is 0.750. The Morgan fingerprint density at radius 2 is 2.00 bits per heavy atom. The third-order valence-corrected chi connectivity index (χ3v) is 1.58. The molecule has 0 N–H and O–H groups in total. The van der Waals surface area contributed by atoms with E-state index >= 15 is 0 Å². The molecule has 0 bridgehead atoms. The third-order valence-electron chi connectivity index (χ3n) is 1.58. The number of carbonyl (C=O) groups excluding carboxylic acids is 2. The minimum absolute atomic E-state index is 0.0463. The Morgan fingerprint density at radius 1 is 1.33 bits per heavy atom. The number of ether oxygens (including phenoxy) is 2. The van der Waals surface area contributed by atoms with Gasteiger partial charge in [-0.3, -0.25) is 9.59 Å². The quantitative estimate of drug-likeness (QED) is 0.503. The topological polar surface area (TPSA) is 52.6 Å². The maximum absolute atomic E-state index is 10.0. The van der Waals surface area contributed by atoms with E-state index in [1.165, 1.54) is 0 Å². The van der Waals surface area contributed by atoms with Crippen LogP contribution >= 0.6 is 0 Å². The maximum atomic E-state index is 10.0. The van der Waals surface area contributed by atoms with Gasteiger partial charge in [0.05, 0.1) is 13.0 Å². The van der Waals surface area contributed by atoms with Crippen molar-refractivity contribution in [3.63, 3.8) is 0 Å². The highest BCUT2D eigenvalue weighted by molar-refractivity contribution is 5.74. The minimum Gasteiger partial charge on any atom is -0.466 e. The maximum Gasteiger partial charge on any atom is 0.309 e. The lowest BCUT2D eigenvalue weighted by Gasteiger charge is -2.20. The smallest absolute Gasteiger partial charge is 0.309 e. The molecular weight excluding hydrogens is 160 g/mol. The van der Waals surface area contributed by atoms with E-state index < -0.39 is 0 Å². The minimum atomic E-state index is -0.0671. The van der Waals surface area contributed by atoms with Crippen molar-refractivity contribution < 1.29 is 19.1 Å². The summed E-state index contributed by atoms with van der Waals surface area (Å²) in [7, 11) is 0. The molecule has 2 aliphatic rings. The predicted octanol–water partition coefficient (Wildman–Crippen LogP) is 0.645. The summed E-state index contributed by atoms with van der Waals surface area (Å²) in [6.45, 7) is 2.51. The molecule has 0 saturated carbocycles. The van der Waals surface area contributed by atoms with E-state index in [1.54, 1.807) is 0 Å². The van der Waals surface area contributed by atoms with Crippen molar-refractivity contribution in [3.05, 3.63) is 0 Å². The summed E-state index contributed by atoms with van der Waals surface area (Å²) >= 11 is 0. The van der Waals surface area contributed by atoms with E-state index in [2.05, 4.69) is 9.47 Å². The zero-order valence-electron chi connectivity index (χ0n) is 7.04. The normalized spacial score (nSPS) is 26.2. The molecule has 0 aromatic carbocycles. The average molecular weight is 172 g/mol. The van der Waals surface area contributed by atoms with Crippen LogP contribution in [-0.4, -0.2) is 24.6 Å². The molecule has 0 radical (unpaired) electrons. The molecule has 0 aromatic heterocycles. The van der Waals surface area contributed by atoms with E-state index in [0.717, 1.165) is 6.42 Å². The van der Waals surface area contributed by atoms with Gasteiger partial charge in [-0.2, -0.15) is 0 Å². The summed E-state index contributed by atoms with van der Waals surface area (Å²) in [6.07, 6.45) is 2.34. The first-order valence-electron chi connectivity index (χ1n) is 4.03. The average Bonchev–Trinajstić information content (AvgIpc) is 2.38. The van der Waals surface area contributed by atoms with Crippen LogP contribution in [0.3, 0.4) is 0 Å². The Balaban J connectivity index is 0.000000120. The zero-order valence-corrected chi connectivity index (χ0v) is 7.04. The third kappa shape index (κ3) is 2.90. The van der Waals surface area contributed by atoms with Gasteiger partial charge in [0, 0.05) is 6.42 Å². The molecule has 1 unspecified atom stereocenters. The molecule has 2 heterocycles. The summed E-state index contributed by atoms with van der Waals surface area (Å²) in [4.78, 5) is 19.9. The highest BCUT2D eigenvalue weighted by Gasteiger charge is 2.22. The second kappa shape index (κ2) is 4.09. The first-order chi connectivity index (χ1) is 5.68. The fourth-order valence-electron chi connectivity index (χ4n) is 0.924. The zero-order chi connectivity index (χ0) is 8.97. The van der Waals surface area contributed by atoms with Crippen molar-refractivity contribution in [2.24, 2.45) is 0 Å². The molecule has 0 aromatic rings. The van der Waals surface area contributed by atoms with E-state index in [-0.39, 0.29) is 18.0 Å². The Hall–Kier alpha value is -1.06. The van der Waals surface area contributed by atoms with E-state index in [0.29, 0.717) is 19.4 Å². The van der Waals surface area contributed by atoms with Crippen LogP contribution in [0.15, 0.2) is 0 Å². The molecule has 4 heteroatoms. The highest BCUT2D eigenvalue weighted by atomic mass is 16.6. The summed E-state index contributed by atoms with van der Waals surface area (Å²) in [5, 5.41) is 0. The van der Waals surface area contributed by atoms with Gasteiger partial charge in [-0.15, -0.1) is 0 Å². The lowest BCUT2D eigenvalue weighted by molar-refractivity contribution is -0.167. The van der Waals surface area contributed by atoms with Gasteiger partial charge >= 0.3 is 11.9 Å². The lowest BCUT2D eigenvalue weighted by atomic mass is 10.2. The van der Waals surface area contributed by atoms with Crippen molar-refractivity contribution in [3.8, 4) is 0 Å². The van der Waals surface area contributed by atoms with Crippen LogP contribution < -0.4 is 0 Å². The van der Waals surface area contributed by atoms with Crippen LogP contribution in [0.25, 0.3) is 0 Å². The van der Waals surface area contributed by atoms with Crippen molar-refractivity contribution >= 4 is 11.9 Å². The molecule has 68 valence electrons. The van der Waals surface area contributed by atoms with Gasteiger partial charge in [-0.1, -0.05) is 0 Å². The largest absolute Gasteiger partial charge is 0.466 e. The first-order valence-corrected chi connectivity index (χ1v) is 4.03. The Bertz CT molecular complexity index is 171. The summed E-state index contributed by atoms with van der Waals surface area (Å²) in [5.74, 6) is -0.113. The molecule has 2 aliphatic heterocycles. The van der Waals surface area contributed by atoms with Crippen LogP contribution in [0.1, 0.15) is 26.2 Å². The van der Waals surface area contributed by atoms with Crippen LogP contribution in [-0.2, 0) is 19.1 Å². The molecule has 2 fully saturated rings. The van der Waals surface area contributed by atoms with Gasteiger partial charge in [0.25, 0.3) is 0 Å². The van der Waals surface area contributed by atoms with Crippen molar-refractivity contribution in [2.45, 2.75) is 32.3 Å². The van der Waals surface area contributed by atoms with Gasteiger partial charge in [0.2, 0.25) is 0 Å². The van der Waals surface area contributed by atoms with Crippen molar-refractivity contribution in [1.29, 1.82) is 0 Å².